The van der Waals surface area contributed by atoms with Crippen molar-refractivity contribution >= 4 is 10.0 Å². The molecule has 2 rings (SSSR count). The van der Waals surface area contributed by atoms with Gasteiger partial charge in [-0.25, -0.2) is 17.5 Å². The molecular weight excluding hydrogens is 353 g/mol. The van der Waals surface area contributed by atoms with Crippen LogP contribution in [0.1, 0.15) is 39.5 Å². The molecule has 4 nitrogen and oxygen atoms in total. The first kappa shape index (κ1) is 20.6. The number of hydrogen-bond acceptors (Lipinski definition) is 3. The molecule has 1 N–H and O–H groups in total. The molecule has 6 heteroatoms. The number of ether oxygens (including phenoxy) is 1. The first-order valence-electron chi connectivity index (χ1n) is 8.45. The molecular formula is C20H26FNO3S. The smallest absolute Gasteiger partial charge is 0.241 e. The molecule has 0 amide bonds. The van der Waals surface area contributed by atoms with Crippen LogP contribution in [0.2, 0.25) is 0 Å². The average molecular weight is 379 g/mol. The first-order valence-corrected chi connectivity index (χ1v) is 9.93. The van der Waals surface area contributed by atoms with Gasteiger partial charge in [0.15, 0.2) is 0 Å². The quantitative estimate of drug-likeness (QED) is 0.824. The Balaban J connectivity index is 2.35. The van der Waals surface area contributed by atoms with E-state index in [1.807, 2.05) is 34.6 Å². The molecule has 1 atom stereocenters. The summed E-state index contributed by atoms with van der Waals surface area (Å²) in [5, 5.41) is 0. The van der Waals surface area contributed by atoms with Crippen LogP contribution in [-0.4, -0.2) is 22.1 Å². The van der Waals surface area contributed by atoms with E-state index < -0.39 is 16.1 Å². The summed E-state index contributed by atoms with van der Waals surface area (Å²) in [7, 11) is -2.26. The van der Waals surface area contributed by atoms with Crippen molar-refractivity contribution in [1.29, 1.82) is 0 Å². The van der Waals surface area contributed by atoms with Crippen LogP contribution in [0.4, 0.5) is 4.39 Å². The lowest BCUT2D eigenvalue weighted by molar-refractivity contribution is 0.107. The molecule has 0 fully saturated rings. The lowest BCUT2D eigenvalue weighted by Gasteiger charge is -2.21. The van der Waals surface area contributed by atoms with Crippen LogP contribution >= 0.6 is 0 Å². The fraction of sp³-hybridized carbons (Fsp3) is 0.400. The van der Waals surface area contributed by atoms with Gasteiger partial charge in [-0.3, -0.25) is 0 Å². The SMILES string of the molecule is COC(CNS(=O)(=O)c1c(C)c(C)c(C)c(C)c1C)c1cccc(F)c1. The van der Waals surface area contributed by atoms with Gasteiger partial charge in [0.05, 0.1) is 11.0 Å². The van der Waals surface area contributed by atoms with Gasteiger partial charge in [0.1, 0.15) is 5.82 Å². The van der Waals surface area contributed by atoms with Crippen molar-refractivity contribution in [1.82, 2.24) is 4.72 Å². The molecule has 0 saturated carbocycles. The number of hydrogen-bond donors (Lipinski definition) is 1. The van der Waals surface area contributed by atoms with Crippen molar-refractivity contribution in [2.24, 2.45) is 0 Å². The number of halogens is 1. The molecule has 0 heterocycles. The summed E-state index contributed by atoms with van der Waals surface area (Å²) in [6.07, 6.45) is -0.575. The zero-order valence-corrected chi connectivity index (χ0v) is 16.9. The molecule has 0 saturated heterocycles. The Kier molecular flexibility index (Phi) is 6.21. The Morgan fingerprint density at radius 3 is 2.04 bits per heavy atom. The number of benzene rings is 2. The van der Waals surface area contributed by atoms with Gasteiger partial charge in [-0.15, -0.1) is 0 Å². The maximum Gasteiger partial charge on any atom is 0.241 e. The fourth-order valence-electron chi connectivity index (χ4n) is 3.17. The molecule has 142 valence electrons. The summed E-state index contributed by atoms with van der Waals surface area (Å²) in [4.78, 5) is 0.312. The van der Waals surface area contributed by atoms with E-state index in [2.05, 4.69) is 4.72 Å². The van der Waals surface area contributed by atoms with Crippen LogP contribution in [0.25, 0.3) is 0 Å². The van der Waals surface area contributed by atoms with E-state index in [0.717, 1.165) is 27.8 Å². The topological polar surface area (TPSA) is 55.4 Å². The van der Waals surface area contributed by atoms with E-state index >= 15 is 0 Å². The summed E-state index contributed by atoms with van der Waals surface area (Å²) in [5.41, 5.74) is 5.13. The van der Waals surface area contributed by atoms with Crippen LogP contribution in [0, 0.1) is 40.4 Å². The van der Waals surface area contributed by atoms with Crippen LogP contribution in [0.15, 0.2) is 29.2 Å². The zero-order valence-electron chi connectivity index (χ0n) is 16.1. The second kappa shape index (κ2) is 7.86. The molecule has 26 heavy (non-hydrogen) atoms. The van der Waals surface area contributed by atoms with Crippen molar-refractivity contribution in [2.45, 2.75) is 45.6 Å². The summed E-state index contributed by atoms with van der Waals surface area (Å²) >= 11 is 0. The number of rotatable bonds is 6. The molecule has 0 aliphatic rings. The van der Waals surface area contributed by atoms with Crippen molar-refractivity contribution in [3.63, 3.8) is 0 Å². The van der Waals surface area contributed by atoms with Gasteiger partial charge in [0.25, 0.3) is 0 Å². The largest absolute Gasteiger partial charge is 0.375 e. The second-order valence-corrected chi connectivity index (χ2v) is 8.29. The van der Waals surface area contributed by atoms with Crippen LogP contribution < -0.4 is 4.72 Å². The summed E-state index contributed by atoms with van der Waals surface area (Å²) in [5.74, 6) is -0.385. The second-order valence-electron chi connectivity index (χ2n) is 6.59. The third-order valence-corrected chi connectivity index (χ3v) is 6.86. The zero-order chi connectivity index (χ0) is 19.6. The molecule has 0 spiro atoms. The van der Waals surface area contributed by atoms with Gasteiger partial charge in [0.2, 0.25) is 10.0 Å². The van der Waals surface area contributed by atoms with E-state index in [0.29, 0.717) is 10.5 Å². The Labute approximate surface area is 155 Å². The highest BCUT2D eigenvalue weighted by molar-refractivity contribution is 7.89. The molecule has 0 aromatic heterocycles. The summed E-state index contributed by atoms with van der Waals surface area (Å²) in [6, 6.07) is 5.97. The van der Waals surface area contributed by atoms with Gasteiger partial charge < -0.3 is 4.74 Å². The molecule has 2 aromatic rings. The molecule has 0 radical (unpaired) electrons. The van der Waals surface area contributed by atoms with Crippen molar-refractivity contribution in [2.75, 3.05) is 13.7 Å². The van der Waals surface area contributed by atoms with Crippen molar-refractivity contribution in [3.05, 3.63) is 63.5 Å². The van der Waals surface area contributed by atoms with Crippen LogP contribution in [-0.2, 0) is 14.8 Å². The third-order valence-electron chi connectivity index (χ3n) is 5.16. The first-order chi connectivity index (χ1) is 12.1. The lowest BCUT2D eigenvalue weighted by atomic mass is 9.95. The van der Waals surface area contributed by atoms with Gasteiger partial charge in [-0.2, -0.15) is 0 Å². The molecule has 2 aromatic carbocycles. The highest BCUT2D eigenvalue weighted by Crippen LogP contribution is 2.29. The Morgan fingerprint density at radius 2 is 1.54 bits per heavy atom. The fourth-order valence-corrected chi connectivity index (χ4v) is 4.80. The molecule has 0 aliphatic carbocycles. The van der Waals surface area contributed by atoms with E-state index in [4.69, 9.17) is 4.74 Å². The lowest BCUT2D eigenvalue weighted by Crippen LogP contribution is -2.30. The predicted molar refractivity (Wildman–Crippen MR) is 101 cm³/mol. The molecule has 0 aliphatic heterocycles. The van der Waals surface area contributed by atoms with E-state index in [9.17, 15) is 12.8 Å². The normalized spacial score (nSPS) is 13.0. The van der Waals surface area contributed by atoms with E-state index in [-0.39, 0.29) is 12.4 Å². The van der Waals surface area contributed by atoms with E-state index in [1.165, 1.54) is 19.2 Å². The standard InChI is InChI=1S/C20H26FNO3S/c1-12-13(2)15(4)20(16(5)14(12)3)26(23,24)22-11-19(25-6)17-8-7-9-18(21)10-17/h7-10,19,22H,11H2,1-6H3. The van der Waals surface area contributed by atoms with Gasteiger partial charge >= 0.3 is 0 Å². The summed E-state index contributed by atoms with van der Waals surface area (Å²) < 4.78 is 47.4. The maximum absolute atomic E-state index is 13.4. The summed E-state index contributed by atoms with van der Waals surface area (Å²) in [6.45, 7) is 9.53. The van der Waals surface area contributed by atoms with E-state index in [1.54, 1.807) is 12.1 Å². The van der Waals surface area contributed by atoms with Gasteiger partial charge in [-0.1, -0.05) is 12.1 Å². The average Bonchev–Trinajstić information content (AvgIpc) is 2.58. The van der Waals surface area contributed by atoms with Crippen molar-refractivity contribution in [3.8, 4) is 0 Å². The minimum Gasteiger partial charge on any atom is -0.375 e. The number of methoxy groups -OCH3 is 1. The molecule has 1 unspecified atom stereocenters. The highest BCUT2D eigenvalue weighted by atomic mass is 32.2. The van der Waals surface area contributed by atoms with Crippen molar-refractivity contribution < 1.29 is 17.5 Å². The minimum atomic E-state index is -3.73. The van der Waals surface area contributed by atoms with Crippen LogP contribution in [0.5, 0.6) is 0 Å². The monoisotopic (exact) mass is 379 g/mol. The third kappa shape index (κ3) is 3.98. The van der Waals surface area contributed by atoms with Gasteiger partial charge in [-0.05, 0) is 80.1 Å². The predicted octanol–water partition coefficient (Wildman–Crippen LogP) is 4.03. The maximum atomic E-state index is 13.4. The highest BCUT2D eigenvalue weighted by Gasteiger charge is 2.25. The Bertz CT molecular complexity index is 894. The number of nitrogens with one attached hydrogen (secondary N) is 1. The molecule has 0 bridgehead atoms. The Morgan fingerprint density at radius 1 is 1.00 bits per heavy atom. The van der Waals surface area contributed by atoms with Gasteiger partial charge in [0, 0.05) is 13.7 Å². The number of sulfonamides is 1. The minimum absolute atomic E-state index is 0.0210. The van der Waals surface area contributed by atoms with Crippen LogP contribution in [0.3, 0.4) is 0 Å². The Hall–Kier alpha value is -1.76.